The monoisotopic (exact) mass is 452 g/mol. The molecule has 0 radical (unpaired) electrons. The number of carbonyl (C=O) groups excluding carboxylic acids is 2. The van der Waals surface area contributed by atoms with Crippen LogP contribution < -0.4 is 5.32 Å². The zero-order chi connectivity index (χ0) is 23.7. The molecular weight excluding hydrogens is 412 g/mol. The number of rotatable bonds is 16. The second kappa shape index (κ2) is 16.0. The Morgan fingerprint density at radius 1 is 0.818 bits per heavy atom. The molecule has 0 saturated carbocycles. The molecule has 0 saturated heterocycles. The fourth-order valence-electron chi connectivity index (χ4n) is 3.87. The van der Waals surface area contributed by atoms with E-state index in [1.165, 1.54) is 24.8 Å². The predicted octanol–water partition coefficient (Wildman–Crippen LogP) is 5.14. The van der Waals surface area contributed by atoms with Crippen LogP contribution in [0, 0.1) is 0 Å². The molecule has 0 aliphatic heterocycles. The molecule has 5 heteroatoms. The highest BCUT2D eigenvalue weighted by Gasteiger charge is 2.18. The standard InChI is InChI=1S/C28H40N2O3/c1-30(2)22-26(21-28(32)33-23-25-18-12-8-13-19-25)29-27(31)20-14-6-4-3-5-9-15-24-16-10-7-11-17-24/h7-8,10-13,16-19,26H,3-6,9,14-15,20-23H2,1-2H3,(H,29,31). The second-order valence-electron chi connectivity index (χ2n) is 8.98. The van der Waals surface area contributed by atoms with Crippen LogP contribution in [-0.4, -0.2) is 43.5 Å². The van der Waals surface area contributed by atoms with Crippen LogP contribution in [0.2, 0.25) is 0 Å². The van der Waals surface area contributed by atoms with E-state index in [1.807, 2.05) is 49.3 Å². The third-order valence-electron chi connectivity index (χ3n) is 5.57. The van der Waals surface area contributed by atoms with Crippen LogP contribution in [0.4, 0.5) is 0 Å². The fraction of sp³-hybridized carbons (Fsp3) is 0.500. The highest BCUT2D eigenvalue weighted by Crippen LogP contribution is 2.11. The van der Waals surface area contributed by atoms with Gasteiger partial charge in [0.25, 0.3) is 0 Å². The lowest BCUT2D eigenvalue weighted by atomic mass is 10.0. The van der Waals surface area contributed by atoms with Crippen molar-refractivity contribution in [1.82, 2.24) is 10.2 Å². The molecular formula is C28H40N2O3. The van der Waals surface area contributed by atoms with Gasteiger partial charge in [0.2, 0.25) is 5.91 Å². The van der Waals surface area contributed by atoms with Crippen molar-refractivity contribution < 1.29 is 14.3 Å². The van der Waals surface area contributed by atoms with E-state index >= 15 is 0 Å². The van der Waals surface area contributed by atoms with Gasteiger partial charge in [0.1, 0.15) is 6.61 Å². The molecule has 33 heavy (non-hydrogen) atoms. The summed E-state index contributed by atoms with van der Waals surface area (Å²) in [6.45, 7) is 0.862. The van der Waals surface area contributed by atoms with Gasteiger partial charge in [0, 0.05) is 13.0 Å². The molecule has 2 rings (SSSR count). The molecule has 1 amide bonds. The van der Waals surface area contributed by atoms with Crippen LogP contribution in [0.1, 0.15) is 62.5 Å². The number of likely N-dealkylation sites (N-methyl/N-ethyl adjacent to an activating group) is 1. The van der Waals surface area contributed by atoms with Crippen LogP contribution >= 0.6 is 0 Å². The molecule has 2 aromatic carbocycles. The van der Waals surface area contributed by atoms with E-state index in [1.54, 1.807) is 0 Å². The number of ether oxygens (including phenoxy) is 1. The first-order chi connectivity index (χ1) is 16.0. The number of hydrogen-bond donors (Lipinski definition) is 1. The summed E-state index contributed by atoms with van der Waals surface area (Å²) < 4.78 is 5.39. The number of benzene rings is 2. The predicted molar refractivity (Wildman–Crippen MR) is 134 cm³/mol. The van der Waals surface area contributed by atoms with E-state index in [4.69, 9.17) is 4.74 Å². The molecule has 0 heterocycles. The minimum absolute atomic E-state index is 0.0155. The molecule has 0 aliphatic rings. The summed E-state index contributed by atoms with van der Waals surface area (Å²) in [5, 5.41) is 3.03. The Kier molecular flexibility index (Phi) is 12.9. The Labute approximate surface area is 199 Å². The maximum absolute atomic E-state index is 12.4. The average molecular weight is 453 g/mol. The van der Waals surface area contributed by atoms with E-state index in [-0.39, 0.29) is 30.9 Å². The fourth-order valence-corrected chi connectivity index (χ4v) is 3.87. The summed E-state index contributed by atoms with van der Waals surface area (Å²) in [6.07, 6.45) is 8.61. The molecule has 0 bridgehead atoms. The molecule has 5 nitrogen and oxygen atoms in total. The number of nitrogens with one attached hydrogen (secondary N) is 1. The topological polar surface area (TPSA) is 58.6 Å². The number of unbranched alkanes of at least 4 members (excludes halogenated alkanes) is 5. The quantitative estimate of drug-likeness (QED) is 0.283. The summed E-state index contributed by atoms with van der Waals surface area (Å²) in [5.41, 5.74) is 2.37. The lowest BCUT2D eigenvalue weighted by molar-refractivity contribution is -0.145. The summed E-state index contributed by atoms with van der Waals surface area (Å²) in [6, 6.07) is 20.0. The molecule has 0 aromatic heterocycles. The van der Waals surface area contributed by atoms with Gasteiger partial charge in [-0.3, -0.25) is 9.59 Å². The molecule has 2 aromatic rings. The first kappa shape index (κ1) is 26.6. The van der Waals surface area contributed by atoms with Gasteiger partial charge < -0.3 is 15.0 Å². The number of carbonyl (C=O) groups is 2. The SMILES string of the molecule is CN(C)CC(CC(=O)OCc1ccccc1)NC(=O)CCCCCCCCc1ccccc1. The van der Waals surface area contributed by atoms with Crippen molar-refractivity contribution in [2.45, 2.75) is 70.4 Å². The molecule has 1 atom stereocenters. The first-order valence-electron chi connectivity index (χ1n) is 12.2. The Morgan fingerprint density at radius 2 is 1.39 bits per heavy atom. The lowest BCUT2D eigenvalue weighted by Gasteiger charge is -2.22. The normalized spacial score (nSPS) is 11.8. The summed E-state index contributed by atoms with van der Waals surface area (Å²) in [4.78, 5) is 26.7. The Hall–Kier alpha value is -2.66. The van der Waals surface area contributed by atoms with Crippen molar-refractivity contribution in [3.05, 3.63) is 71.8 Å². The third-order valence-corrected chi connectivity index (χ3v) is 5.57. The van der Waals surface area contributed by atoms with E-state index in [9.17, 15) is 9.59 Å². The largest absolute Gasteiger partial charge is 0.461 e. The molecule has 1 N–H and O–H groups in total. The second-order valence-corrected chi connectivity index (χ2v) is 8.98. The maximum atomic E-state index is 12.4. The maximum Gasteiger partial charge on any atom is 0.308 e. The van der Waals surface area contributed by atoms with E-state index in [0.717, 1.165) is 31.2 Å². The Bertz CT molecular complexity index is 793. The van der Waals surface area contributed by atoms with Crippen molar-refractivity contribution in [2.75, 3.05) is 20.6 Å². The summed E-state index contributed by atoms with van der Waals surface area (Å²) in [5.74, 6) is -0.275. The first-order valence-corrected chi connectivity index (χ1v) is 12.2. The van der Waals surface area contributed by atoms with Crippen LogP contribution in [0.15, 0.2) is 60.7 Å². The molecule has 0 fully saturated rings. The molecule has 180 valence electrons. The number of esters is 1. The number of nitrogens with zero attached hydrogens (tertiary/aromatic N) is 1. The zero-order valence-electron chi connectivity index (χ0n) is 20.3. The van der Waals surface area contributed by atoms with E-state index < -0.39 is 0 Å². The molecule has 0 aliphatic carbocycles. The Morgan fingerprint density at radius 3 is 2.03 bits per heavy atom. The zero-order valence-corrected chi connectivity index (χ0v) is 20.3. The van der Waals surface area contributed by atoms with Gasteiger partial charge in [-0.1, -0.05) is 86.3 Å². The average Bonchev–Trinajstić information content (AvgIpc) is 2.80. The lowest BCUT2D eigenvalue weighted by Crippen LogP contribution is -2.43. The highest BCUT2D eigenvalue weighted by atomic mass is 16.5. The van der Waals surface area contributed by atoms with Crippen molar-refractivity contribution in [1.29, 1.82) is 0 Å². The van der Waals surface area contributed by atoms with Gasteiger partial charge >= 0.3 is 5.97 Å². The van der Waals surface area contributed by atoms with Gasteiger partial charge in [-0.25, -0.2) is 0 Å². The summed E-state index contributed by atoms with van der Waals surface area (Å²) in [7, 11) is 3.87. The highest BCUT2D eigenvalue weighted by molar-refractivity contribution is 5.77. The number of hydrogen-bond acceptors (Lipinski definition) is 4. The van der Waals surface area contributed by atoms with Crippen molar-refractivity contribution in [3.63, 3.8) is 0 Å². The summed E-state index contributed by atoms with van der Waals surface area (Å²) >= 11 is 0. The van der Waals surface area contributed by atoms with Crippen molar-refractivity contribution in [2.24, 2.45) is 0 Å². The minimum Gasteiger partial charge on any atom is -0.461 e. The number of amides is 1. The Balaban J connectivity index is 1.57. The van der Waals surface area contributed by atoms with Crippen LogP contribution in [0.3, 0.4) is 0 Å². The smallest absolute Gasteiger partial charge is 0.308 e. The van der Waals surface area contributed by atoms with Gasteiger partial charge in [-0.05, 0) is 44.5 Å². The van der Waals surface area contributed by atoms with Crippen LogP contribution in [0.25, 0.3) is 0 Å². The molecule has 1 unspecified atom stereocenters. The van der Waals surface area contributed by atoms with Gasteiger partial charge in [0.15, 0.2) is 0 Å². The minimum atomic E-state index is -0.290. The third kappa shape index (κ3) is 12.8. The molecule has 0 spiro atoms. The van der Waals surface area contributed by atoms with Crippen LogP contribution in [0.5, 0.6) is 0 Å². The van der Waals surface area contributed by atoms with Gasteiger partial charge in [0.05, 0.1) is 12.5 Å². The number of aryl methyl sites for hydroxylation is 1. The van der Waals surface area contributed by atoms with Gasteiger partial charge in [-0.2, -0.15) is 0 Å². The van der Waals surface area contributed by atoms with Crippen molar-refractivity contribution in [3.8, 4) is 0 Å². The van der Waals surface area contributed by atoms with E-state index in [0.29, 0.717) is 13.0 Å². The van der Waals surface area contributed by atoms with E-state index in [2.05, 4.69) is 35.6 Å². The van der Waals surface area contributed by atoms with Crippen LogP contribution in [-0.2, 0) is 27.4 Å². The van der Waals surface area contributed by atoms with Crippen molar-refractivity contribution >= 4 is 11.9 Å². The van der Waals surface area contributed by atoms with Gasteiger partial charge in [-0.15, -0.1) is 0 Å².